The van der Waals surface area contributed by atoms with Gasteiger partial charge in [-0.25, -0.2) is 0 Å². The fourth-order valence-electron chi connectivity index (χ4n) is 1.20. The van der Waals surface area contributed by atoms with E-state index in [9.17, 15) is 0 Å². The first kappa shape index (κ1) is 12.1. The molecule has 0 N–H and O–H groups in total. The van der Waals surface area contributed by atoms with Crippen molar-refractivity contribution in [1.29, 1.82) is 0 Å². The summed E-state index contributed by atoms with van der Waals surface area (Å²) in [6.07, 6.45) is 3.11. The van der Waals surface area contributed by atoms with E-state index in [2.05, 4.69) is 13.0 Å². The topological polar surface area (TPSA) is 9.23 Å². The van der Waals surface area contributed by atoms with Crippen molar-refractivity contribution in [3.8, 4) is 5.75 Å². The van der Waals surface area contributed by atoms with Gasteiger partial charge in [-0.3, -0.25) is 0 Å². The highest BCUT2D eigenvalue weighted by atomic mass is 35.5. The molecule has 0 saturated carbocycles. The monoisotopic (exact) mass is 224 g/mol. The van der Waals surface area contributed by atoms with Crippen LogP contribution in [0.3, 0.4) is 0 Å². The molecule has 0 fully saturated rings. The third-order valence-electron chi connectivity index (χ3n) is 1.98. The molecule has 0 spiro atoms. The number of halogens is 1. The number of rotatable bonds is 5. The minimum absolute atomic E-state index is 0.577. The number of alkyl halides is 1. The zero-order valence-corrected chi connectivity index (χ0v) is 10.1. The van der Waals surface area contributed by atoms with Gasteiger partial charge in [0.2, 0.25) is 0 Å². The third kappa shape index (κ3) is 4.39. The Balaban J connectivity index is 2.64. The minimum atomic E-state index is 0.577. The molecule has 0 radical (unpaired) electrons. The molecule has 0 atom stereocenters. The van der Waals surface area contributed by atoms with Crippen LogP contribution < -0.4 is 4.74 Å². The molecule has 0 aromatic heterocycles. The lowest BCUT2D eigenvalue weighted by Gasteiger charge is -2.04. The van der Waals surface area contributed by atoms with E-state index < -0.39 is 0 Å². The Morgan fingerprint density at radius 1 is 1.33 bits per heavy atom. The normalized spacial score (nSPS) is 11.5. The van der Waals surface area contributed by atoms with Crippen LogP contribution in [0.5, 0.6) is 5.75 Å². The molecule has 0 aliphatic carbocycles. The molecule has 0 heterocycles. The van der Waals surface area contributed by atoms with E-state index in [0.717, 1.165) is 24.3 Å². The number of hydrogen-bond donors (Lipinski definition) is 0. The second-order valence-corrected chi connectivity index (χ2v) is 3.81. The number of ether oxygens (including phenoxy) is 1. The van der Waals surface area contributed by atoms with Crippen molar-refractivity contribution in [1.82, 2.24) is 0 Å². The van der Waals surface area contributed by atoms with Crippen molar-refractivity contribution in [3.05, 3.63) is 35.4 Å². The Morgan fingerprint density at radius 2 is 2.00 bits per heavy atom. The Bertz CT molecular complexity index is 314. The Labute approximate surface area is 96.7 Å². The van der Waals surface area contributed by atoms with Gasteiger partial charge >= 0.3 is 0 Å². The van der Waals surface area contributed by atoms with Crippen molar-refractivity contribution in [2.24, 2.45) is 0 Å². The molecule has 0 aliphatic heterocycles. The molecule has 1 nitrogen and oxygen atoms in total. The van der Waals surface area contributed by atoms with Gasteiger partial charge in [0, 0.05) is 5.88 Å². The first-order valence-corrected chi connectivity index (χ1v) is 5.75. The minimum Gasteiger partial charge on any atom is -0.494 e. The van der Waals surface area contributed by atoms with E-state index in [1.54, 1.807) is 0 Å². The lowest BCUT2D eigenvalue weighted by atomic mass is 10.1. The Kier molecular flexibility index (Phi) is 5.27. The van der Waals surface area contributed by atoms with Gasteiger partial charge in [0.25, 0.3) is 0 Å². The Morgan fingerprint density at radius 3 is 2.53 bits per heavy atom. The zero-order valence-electron chi connectivity index (χ0n) is 9.29. The largest absolute Gasteiger partial charge is 0.494 e. The highest BCUT2D eigenvalue weighted by Gasteiger charge is 1.93. The maximum atomic E-state index is 5.71. The molecule has 0 unspecified atom stereocenters. The summed E-state index contributed by atoms with van der Waals surface area (Å²) in [6.45, 7) is 4.89. The molecular weight excluding hydrogens is 208 g/mol. The highest BCUT2D eigenvalue weighted by Crippen LogP contribution is 2.15. The van der Waals surface area contributed by atoms with Crippen LogP contribution in [0.1, 0.15) is 25.8 Å². The second kappa shape index (κ2) is 6.52. The zero-order chi connectivity index (χ0) is 11.1. The maximum absolute atomic E-state index is 5.71. The van der Waals surface area contributed by atoms with Crippen LogP contribution in [0, 0.1) is 0 Å². The molecule has 15 heavy (non-hydrogen) atoms. The van der Waals surface area contributed by atoms with Crippen molar-refractivity contribution in [2.45, 2.75) is 20.3 Å². The van der Waals surface area contributed by atoms with Gasteiger partial charge in [-0.2, -0.15) is 0 Å². The summed E-state index contributed by atoms with van der Waals surface area (Å²) in [5.41, 5.74) is 2.33. The van der Waals surface area contributed by atoms with Gasteiger partial charge in [-0.05, 0) is 31.0 Å². The van der Waals surface area contributed by atoms with Crippen LogP contribution >= 0.6 is 11.6 Å². The van der Waals surface area contributed by atoms with E-state index in [1.165, 1.54) is 5.57 Å². The number of benzene rings is 1. The van der Waals surface area contributed by atoms with Crippen LogP contribution in [0.25, 0.3) is 6.08 Å². The summed E-state index contributed by atoms with van der Waals surface area (Å²) in [4.78, 5) is 0. The van der Waals surface area contributed by atoms with E-state index in [4.69, 9.17) is 16.3 Å². The molecule has 0 saturated heterocycles. The molecule has 0 amide bonds. The van der Waals surface area contributed by atoms with Crippen LogP contribution in [-0.4, -0.2) is 12.5 Å². The van der Waals surface area contributed by atoms with Crippen molar-refractivity contribution in [2.75, 3.05) is 12.5 Å². The van der Waals surface area contributed by atoms with Gasteiger partial charge in [0.1, 0.15) is 5.75 Å². The summed E-state index contributed by atoms with van der Waals surface area (Å²) < 4.78 is 5.49. The van der Waals surface area contributed by atoms with E-state index in [0.29, 0.717) is 5.88 Å². The average Bonchev–Trinajstić information content (AvgIpc) is 2.28. The SMILES string of the molecule is CCCOc1ccc(C=C(C)CCl)cc1. The number of allylic oxidation sites excluding steroid dienone is 1. The summed E-state index contributed by atoms with van der Waals surface area (Å²) in [5, 5.41) is 0. The van der Waals surface area contributed by atoms with Crippen LogP contribution in [-0.2, 0) is 0 Å². The average molecular weight is 225 g/mol. The highest BCUT2D eigenvalue weighted by molar-refractivity contribution is 6.19. The smallest absolute Gasteiger partial charge is 0.119 e. The molecule has 0 bridgehead atoms. The molecule has 82 valence electrons. The first-order valence-electron chi connectivity index (χ1n) is 5.22. The van der Waals surface area contributed by atoms with Crippen molar-refractivity contribution >= 4 is 17.7 Å². The molecule has 1 aromatic rings. The fourth-order valence-corrected chi connectivity index (χ4v) is 1.28. The van der Waals surface area contributed by atoms with Crippen molar-refractivity contribution in [3.63, 3.8) is 0 Å². The Hall–Kier alpha value is -0.950. The molecule has 1 aromatic carbocycles. The standard InChI is InChI=1S/C13H17ClO/c1-3-8-15-13-6-4-12(5-7-13)9-11(2)10-14/h4-7,9H,3,8,10H2,1-2H3. The van der Waals surface area contributed by atoms with Gasteiger partial charge in [0.05, 0.1) is 6.61 Å². The predicted octanol–water partition coefficient (Wildman–Crippen LogP) is 4.12. The quantitative estimate of drug-likeness (QED) is 0.684. The molecule has 2 heteroatoms. The molecular formula is C13H17ClO. The number of hydrogen-bond acceptors (Lipinski definition) is 1. The molecule has 1 rings (SSSR count). The van der Waals surface area contributed by atoms with Gasteiger partial charge in [0.15, 0.2) is 0 Å². The lowest BCUT2D eigenvalue weighted by molar-refractivity contribution is 0.317. The van der Waals surface area contributed by atoms with Crippen molar-refractivity contribution < 1.29 is 4.74 Å². The fraction of sp³-hybridized carbons (Fsp3) is 0.385. The first-order chi connectivity index (χ1) is 7.26. The van der Waals surface area contributed by atoms with E-state index in [1.807, 2.05) is 31.2 Å². The van der Waals surface area contributed by atoms with Gasteiger partial charge < -0.3 is 4.74 Å². The third-order valence-corrected chi connectivity index (χ3v) is 2.40. The molecule has 0 aliphatic rings. The summed E-state index contributed by atoms with van der Waals surface area (Å²) in [7, 11) is 0. The predicted molar refractivity (Wildman–Crippen MR) is 66.6 cm³/mol. The van der Waals surface area contributed by atoms with Crippen LogP contribution in [0.2, 0.25) is 0 Å². The van der Waals surface area contributed by atoms with Crippen LogP contribution in [0.15, 0.2) is 29.8 Å². The van der Waals surface area contributed by atoms with Gasteiger partial charge in [-0.1, -0.05) is 30.7 Å². The second-order valence-electron chi connectivity index (χ2n) is 3.54. The lowest BCUT2D eigenvalue weighted by Crippen LogP contribution is -1.94. The van der Waals surface area contributed by atoms with E-state index >= 15 is 0 Å². The summed E-state index contributed by atoms with van der Waals surface area (Å²) >= 11 is 5.71. The van der Waals surface area contributed by atoms with Gasteiger partial charge in [-0.15, -0.1) is 11.6 Å². The maximum Gasteiger partial charge on any atom is 0.119 e. The van der Waals surface area contributed by atoms with Crippen LogP contribution in [0.4, 0.5) is 0 Å². The summed E-state index contributed by atoms with van der Waals surface area (Å²) in [6, 6.07) is 8.06. The van der Waals surface area contributed by atoms with E-state index in [-0.39, 0.29) is 0 Å². The summed E-state index contributed by atoms with van der Waals surface area (Å²) in [5.74, 6) is 1.51.